The van der Waals surface area contributed by atoms with E-state index >= 15 is 0 Å². The van der Waals surface area contributed by atoms with Crippen molar-refractivity contribution in [1.82, 2.24) is 54.6 Å². The van der Waals surface area contributed by atoms with E-state index in [1.807, 2.05) is 64.3 Å². The monoisotopic (exact) mass is 2050 g/mol. The van der Waals surface area contributed by atoms with Crippen LogP contribution < -0.4 is 0 Å². The number of carbonyl (C=O) groups is 3. The Kier molecular flexibility index (Phi) is 45.9. The third-order valence-corrected chi connectivity index (χ3v) is 31.7. The van der Waals surface area contributed by atoms with Crippen LogP contribution in [0.3, 0.4) is 0 Å². The lowest BCUT2D eigenvalue weighted by molar-refractivity contribution is -0.131. The molecule has 822 valence electrons. The molecular weight excluding hydrogens is 1850 g/mol. The molecule has 0 spiro atoms. The van der Waals surface area contributed by atoms with E-state index in [2.05, 4.69) is 348 Å². The van der Waals surface area contributed by atoms with E-state index in [1.54, 1.807) is 20.8 Å². The van der Waals surface area contributed by atoms with Crippen LogP contribution in [-0.2, 0) is 135 Å². The lowest BCUT2D eigenvalue weighted by Gasteiger charge is -2.31. The first-order valence-electron chi connectivity index (χ1n) is 57.6. The summed E-state index contributed by atoms with van der Waals surface area (Å²) in [6, 6.07) is 44.0. The maximum absolute atomic E-state index is 11.3. The molecule has 0 bridgehead atoms. The molecule has 9 aliphatic rings. The van der Waals surface area contributed by atoms with Crippen molar-refractivity contribution in [2.24, 2.45) is 53.3 Å². The second-order valence-corrected chi connectivity index (χ2v) is 54.5. The van der Waals surface area contributed by atoms with Gasteiger partial charge in [-0.05, 0) is 333 Å². The van der Waals surface area contributed by atoms with Crippen molar-refractivity contribution in [3.05, 3.63) is 272 Å². The smallest absolute Gasteiger partial charge is 0.219 e. The molecule has 8 aromatic heterocycles. The fourth-order valence-electron chi connectivity index (χ4n) is 20.0. The normalized spacial score (nSPS) is 17.4. The van der Waals surface area contributed by atoms with Crippen LogP contribution in [0.15, 0.2) is 171 Å². The Hall–Kier alpha value is -9.29. The van der Waals surface area contributed by atoms with E-state index in [9.17, 15) is 14.4 Å². The van der Waals surface area contributed by atoms with Crippen molar-refractivity contribution in [2.45, 2.75) is 411 Å². The molecule has 0 radical (unpaired) electrons. The number of aromatic nitrogens is 8. The second kappa shape index (κ2) is 56.2. The van der Waals surface area contributed by atoms with Gasteiger partial charge in [-0.1, -0.05) is 269 Å². The zero-order valence-electron chi connectivity index (χ0n) is 99.2. The Labute approximate surface area is 909 Å². The van der Waals surface area contributed by atoms with Crippen molar-refractivity contribution < 1.29 is 28.6 Å². The lowest BCUT2D eigenvalue weighted by atomic mass is 9.81. The van der Waals surface area contributed by atoms with Gasteiger partial charge in [0.2, 0.25) is 17.7 Å². The Balaban J connectivity index is 0.000000173. The number of amides is 3. The second-order valence-electron chi connectivity index (χ2n) is 54.5. The van der Waals surface area contributed by atoms with Crippen LogP contribution in [0.4, 0.5) is 0 Å². The zero-order chi connectivity index (χ0) is 110. The molecule has 3 saturated carbocycles. The first kappa shape index (κ1) is 123. The zero-order valence-corrected chi connectivity index (χ0v) is 99.2. The average molecular weight is 2050 g/mol. The van der Waals surface area contributed by atoms with Gasteiger partial charge in [0.15, 0.2) is 0 Å². The SMILES string of the molecule is CC(=O)N1CCC(Cc2cc(C(C)(C)C)ccn2)CC1.CC(=O)N1CCC(Cc2cc(C(C)(C)C)ccn2)CC1.CC(=O)N1CCC(Cc2cc(C(C)(C)C)ccn2)CC1.CC(C)(C)c1cccc(CC2COC2)c1.CC(C)(C)c1ccnc(CC2CCC2)c1.CC(C)(C)c1ccnc(CC2CCC2)c1.CC(C)(C)c1ccnc(CC2CCC2)c1.CC(C)(C)c1ccnc(CC2COC2)c1.CC(C)(C)c1ccnc(CC2COC2)c1. The number of benzene rings is 1. The highest BCUT2D eigenvalue weighted by Gasteiger charge is 2.32. The Morgan fingerprint density at radius 2 is 0.380 bits per heavy atom. The minimum Gasteiger partial charge on any atom is -0.381 e. The van der Waals surface area contributed by atoms with E-state index in [4.69, 9.17) is 14.2 Å². The number of nitrogens with zero attached hydrogens (tertiary/aromatic N) is 11. The molecule has 17 heteroatoms. The van der Waals surface area contributed by atoms with Crippen LogP contribution >= 0.6 is 0 Å². The van der Waals surface area contributed by atoms with Crippen LogP contribution in [0.2, 0.25) is 0 Å². The van der Waals surface area contributed by atoms with Crippen LogP contribution in [0.5, 0.6) is 0 Å². The van der Waals surface area contributed by atoms with E-state index in [-0.39, 0.29) is 66.5 Å². The van der Waals surface area contributed by atoms with Crippen molar-refractivity contribution in [3.8, 4) is 0 Å². The standard InChI is InChI=1S/3C17H26N2O.3C14H21N.C14H20O.2C13H19NO/c3*1-13(20)19-9-6-14(7-10-19)11-16-12-15(5-8-18-16)17(2,3)4;3*1-14(2,3)12-7-8-15-13(10-12)9-11-5-4-6-11;1-14(2,3)13-6-4-5-11(8-13)7-12-9-15-10-12;2*1-13(2,3)11-4-5-14-12(7-11)6-10-8-15-9-10/h3*5,8,12,14H,6-7,9-11H2,1-4H3;3*7-8,10-11H,4-6,9H2,1-3H3;4-6,8,12H,7,9-10H2,1-3H3;2*4-5,7,10H,6,8-9H2,1-3H3. The van der Waals surface area contributed by atoms with Crippen molar-refractivity contribution in [3.63, 3.8) is 0 Å². The highest BCUT2D eigenvalue weighted by molar-refractivity contribution is 5.74. The molecule has 3 amide bonds. The predicted molar refractivity (Wildman–Crippen MR) is 622 cm³/mol. The quantitative estimate of drug-likeness (QED) is 0.0788. The summed E-state index contributed by atoms with van der Waals surface area (Å²) in [5, 5.41) is 0. The largest absolute Gasteiger partial charge is 0.381 e. The molecule has 17 nitrogen and oxygen atoms in total. The highest BCUT2D eigenvalue weighted by atomic mass is 16.5. The number of rotatable bonds is 18. The fraction of sp³-hybridized carbons (Fsp3) is 0.632. The maximum atomic E-state index is 11.3. The third kappa shape index (κ3) is 42.5. The van der Waals surface area contributed by atoms with Crippen LogP contribution in [0.1, 0.15) is 405 Å². The summed E-state index contributed by atoms with van der Waals surface area (Å²) < 4.78 is 15.6. The minimum absolute atomic E-state index is 0.176. The molecule has 6 saturated heterocycles. The van der Waals surface area contributed by atoms with E-state index in [0.717, 1.165) is 173 Å². The Morgan fingerprint density at radius 3 is 0.527 bits per heavy atom. The summed E-state index contributed by atoms with van der Waals surface area (Å²) in [4.78, 5) is 75.7. The average Bonchev–Trinajstić information content (AvgIpc) is 0.864. The van der Waals surface area contributed by atoms with Gasteiger partial charge in [0, 0.05) is 173 Å². The Morgan fingerprint density at radius 1 is 0.220 bits per heavy atom. The van der Waals surface area contributed by atoms with Crippen LogP contribution in [0, 0.1) is 53.3 Å². The summed E-state index contributed by atoms with van der Waals surface area (Å²) in [5.41, 5.74) is 25.7. The molecule has 9 aromatic rings. The number of hydrogen-bond donors (Lipinski definition) is 0. The minimum atomic E-state index is 0.176. The predicted octanol–water partition coefficient (Wildman–Crippen LogP) is 29.0. The Bertz CT molecular complexity index is 4820. The number of carbonyl (C=O) groups excluding carboxylic acids is 3. The molecule has 9 fully saturated rings. The van der Waals surface area contributed by atoms with Gasteiger partial charge in [-0.25, -0.2) is 0 Å². The van der Waals surface area contributed by atoms with Gasteiger partial charge in [-0.2, -0.15) is 0 Å². The van der Waals surface area contributed by atoms with E-state index in [0.29, 0.717) is 29.6 Å². The van der Waals surface area contributed by atoms with E-state index in [1.165, 1.54) is 185 Å². The summed E-state index contributed by atoms with van der Waals surface area (Å²) >= 11 is 0. The van der Waals surface area contributed by atoms with Crippen molar-refractivity contribution >= 4 is 17.7 Å². The molecule has 6 aliphatic heterocycles. The lowest BCUT2D eigenvalue weighted by Crippen LogP contribution is -2.37. The molecule has 1 aromatic carbocycles. The third-order valence-electron chi connectivity index (χ3n) is 31.7. The summed E-state index contributed by atoms with van der Waals surface area (Å²) in [6.45, 7) is 76.5. The van der Waals surface area contributed by atoms with E-state index < -0.39 is 0 Å². The molecule has 0 atom stereocenters. The number of ether oxygens (including phenoxy) is 3. The highest BCUT2D eigenvalue weighted by Crippen LogP contribution is 2.38. The summed E-state index contributed by atoms with van der Waals surface area (Å²) in [7, 11) is 0. The van der Waals surface area contributed by atoms with Crippen LogP contribution in [0.25, 0.3) is 0 Å². The number of hydrogen-bond acceptors (Lipinski definition) is 14. The fourth-order valence-corrected chi connectivity index (χ4v) is 20.0. The summed E-state index contributed by atoms with van der Waals surface area (Å²) in [5.74, 6) is 7.45. The summed E-state index contributed by atoms with van der Waals surface area (Å²) in [6.07, 6.45) is 44.8. The molecule has 3 aliphatic carbocycles. The van der Waals surface area contributed by atoms with Gasteiger partial charge in [-0.3, -0.25) is 54.3 Å². The van der Waals surface area contributed by atoms with Gasteiger partial charge >= 0.3 is 0 Å². The van der Waals surface area contributed by atoms with Crippen molar-refractivity contribution in [2.75, 3.05) is 78.9 Å². The van der Waals surface area contributed by atoms with Gasteiger partial charge in [-0.15, -0.1) is 0 Å². The number of piperidine rings is 3. The molecule has 0 N–H and O–H groups in total. The molecule has 150 heavy (non-hydrogen) atoms. The number of pyridine rings is 8. The first-order valence-corrected chi connectivity index (χ1v) is 57.6. The molecule has 14 heterocycles. The van der Waals surface area contributed by atoms with Gasteiger partial charge in [0.25, 0.3) is 0 Å². The van der Waals surface area contributed by atoms with Gasteiger partial charge in [0.1, 0.15) is 0 Å². The van der Waals surface area contributed by atoms with Crippen molar-refractivity contribution in [1.29, 1.82) is 0 Å². The van der Waals surface area contributed by atoms with Crippen LogP contribution in [-0.4, -0.2) is 151 Å². The number of likely N-dealkylation sites (tertiary alicyclic amines) is 3. The molecule has 0 unspecified atom stereocenters. The maximum Gasteiger partial charge on any atom is 0.219 e. The molecular formula is C133H199N11O6. The van der Waals surface area contributed by atoms with Gasteiger partial charge in [0.05, 0.1) is 39.6 Å². The molecule has 18 rings (SSSR count). The first-order chi connectivity index (χ1) is 70.4. The topological polar surface area (TPSA) is 192 Å². The van der Waals surface area contributed by atoms with Gasteiger partial charge < -0.3 is 28.9 Å².